The molecule has 1 aromatic heterocycles. The fraction of sp³-hybridized carbons (Fsp3) is 0.154. The Labute approximate surface area is 135 Å². The highest BCUT2D eigenvalue weighted by Gasteiger charge is 2.22. The van der Waals surface area contributed by atoms with Crippen molar-refractivity contribution in [2.24, 2.45) is 4.99 Å². The zero-order valence-corrected chi connectivity index (χ0v) is 12.8. The molecule has 1 aromatic carbocycles. The quantitative estimate of drug-likeness (QED) is 0.910. The average molecular weight is 342 g/mol. The van der Waals surface area contributed by atoms with Crippen LogP contribution in [-0.2, 0) is 0 Å². The minimum absolute atomic E-state index is 0.0607. The van der Waals surface area contributed by atoms with Crippen LogP contribution < -0.4 is 0 Å². The second kappa shape index (κ2) is 5.68. The third-order valence-electron chi connectivity index (χ3n) is 3.14. The van der Waals surface area contributed by atoms with Crippen LogP contribution in [0.15, 0.2) is 29.4 Å². The second-order valence-electron chi connectivity index (χ2n) is 4.62. The molecule has 0 saturated carbocycles. The minimum Gasteiger partial charge on any atom is -0.370 e. The van der Waals surface area contributed by atoms with Gasteiger partial charge in [0.25, 0.3) is 0 Å². The Morgan fingerprint density at radius 2 is 2.09 bits per heavy atom. The van der Waals surface area contributed by atoms with E-state index in [1.807, 2.05) is 0 Å². The van der Waals surface area contributed by atoms with Crippen molar-refractivity contribution in [3.8, 4) is 5.69 Å². The predicted molar refractivity (Wildman–Crippen MR) is 81.6 cm³/mol. The Morgan fingerprint density at radius 3 is 2.73 bits per heavy atom. The van der Waals surface area contributed by atoms with Gasteiger partial charge in [-0.05, 0) is 18.2 Å². The van der Waals surface area contributed by atoms with Gasteiger partial charge in [-0.25, -0.2) is 14.1 Å². The summed E-state index contributed by atoms with van der Waals surface area (Å²) in [6.45, 7) is 0. The van der Waals surface area contributed by atoms with Crippen molar-refractivity contribution >= 4 is 35.2 Å². The van der Waals surface area contributed by atoms with Crippen molar-refractivity contribution in [1.82, 2.24) is 19.9 Å². The van der Waals surface area contributed by atoms with Crippen molar-refractivity contribution in [1.29, 1.82) is 0 Å². The van der Waals surface area contributed by atoms with E-state index < -0.39 is 12.0 Å². The van der Waals surface area contributed by atoms with E-state index in [1.54, 1.807) is 13.1 Å². The van der Waals surface area contributed by atoms with Gasteiger partial charge < -0.3 is 10.0 Å². The van der Waals surface area contributed by atoms with Crippen molar-refractivity contribution in [3.63, 3.8) is 0 Å². The molecule has 1 unspecified atom stereocenters. The second-order valence-corrected chi connectivity index (χ2v) is 5.41. The summed E-state index contributed by atoms with van der Waals surface area (Å²) < 4.78 is 15.8. The summed E-state index contributed by atoms with van der Waals surface area (Å²) >= 11 is 11.6. The Balaban J connectivity index is 2.20. The topological polar surface area (TPSA) is 66.5 Å². The smallest absolute Gasteiger partial charge is 0.171 e. The van der Waals surface area contributed by atoms with E-state index >= 15 is 0 Å². The normalized spacial score (nSPS) is 17.8. The summed E-state index contributed by atoms with van der Waals surface area (Å²) in [5.74, 6) is -0.661. The number of aromatic nitrogens is 3. The molecule has 0 spiro atoms. The number of aliphatic imine (C=N–C) groups is 1. The number of halogens is 3. The van der Waals surface area contributed by atoms with Gasteiger partial charge in [0.05, 0.1) is 34.5 Å². The molecule has 9 heteroatoms. The van der Waals surface area contributed by atoms with Crippen molar-refractivity contribution in [2.45, 2.75) is 6.23 Å². The molecule has 1 aliphatic rings. The molecule has 1 N–H and O–H groups in total. The monoisotopic (exact) mass is 341 g/mol. The van der Waals surface area contributed by atoms with Gasteiger partial charge in [-0.1, -0.05) is 28.4 Å². The zero-order valence-electron chi connectivity index (χ0n) is 11.3. The molecule has 0 fully saturated rings. The lowest BCUT2D eigenvalue weighted by Crippen LogP contribution is -2.30. The molecule has 0 radical (unpaired) electrons. The lowest BCUT2D eigenvalue weighted by molar-refractivity contribution is 0.117. The first kappa shape index (κ1) is 15.0. The van der Waals surface area contributed by atoms with E-state index in [0.717, 1.165) is 0 Å². The van der Waals surface area contributed by atoms with E-state index in [9.17, 15) is 9.50 Å². The average Bonchev–Trinajstić information content (AvgIpc) is 2.91. The molecule has 2 aromatic rings. The molecule has 2 heterocycles. The van der Waals surface area contributed by atoms with E-state index in [1.165, 1.54) is 34.3 Å². The van der Waals surface area contributed by atoms with Crippen molar-refractivity contribution < 1.29 is 9.50 Å². The number of benzene rings is 1. The van der Waals surface area contributed by atoms with E-state index in [-0.39, 0.29) is 21.4 Å². The Hall–Kier alpha value is -1.96. The van der Waals surface area contributed by atoms with E-state index in [0.29, 0.717) is 5.69 Å². The third-order valence-corrected chi connectivity index (χ3v) is 3.61. The SMILES string of the molecule is CN1C=NC(c2c(-n3cc(Cl)nn3)ccc(Cl)c2F)=CC1O. The van der Waals surface area contributed by atoms with Crippen molar-refractivity contribution in [2.75, 3.05) is 7.05 Å². The number of aliphatic hydroxyl groups is 1. The number of hydrogen-bond acceptors (Lipinski definition) is 5. The number of hydrogen-bond donors (Lipinski definition) is 1. The van der Waals surface area contributed by atoms with E-state index in [4.69, 9.17) is 23.2 Å². The molecule has 114 valence electrons. The van der Waals surface area contributed by atoms with Crippen LogP contribution >= 0.6 is 23.2 Å². The fourth-order valence-electron chi connectivity index (χ4n) is 2.01. The Kier molecular flexibility index (Phi) is 3.86. The van der Waals surface area contributed by atoms with Crippen LogP contribution in [0, 0.1) is 5.82 Å². The van der Waals surface area contributed by atoms with Crippen LogP contribution in [0.5, 0.6) is 0 Å². The summed E-state index contributed by atoms with van der Waals surface area (Å²) in [5.41, 5.74) is 0.714. The molecule has 3 rings (SSSR count). The number of aliphatic hydroxyl groups excluding tert-OH is 1. The maximum absolute atomic E-state index is 14.5. The minimum atomic E-state index is -0.918. The van der Waals surface area contributed by atoms with Gasteiger partial charge in [0.1, 0.15) is 6.23 Å². The number of nitrogens with zero attached hydrogens (tertiary/aromatic N) is 5. The van der Waals surface area contributed by atoms with Crippen LogP contribution in [0.1, 0.15) is 5.56 Å². The summed E-state index contributed by atoms with van der Waals surface area (Å²) in [4.78, 5) is 5.61. The molecule has 0 bridgehead atoms. The Bertz CT molecular complexity index is 789. The predicted octanol–water partition coefficient (Wildman–Crippen LogP) is 2.35. The maximum Gasteiger partial charge on any atom is 0.171 e. The van der Waals surface area contributed by atoms with Crippen LogP contribution in [0.2, 0.25) is 10.2 Å². The van der Waals surface area contributed by atoms with Gasteiger partial charge >= 0.3 is 0 Å². The first-order chi connectivity index (χ1) is 10.5. The first-order valence-electron chi connectivity index (χ1n) is 6.20. The molecule has 6 nitrogen and oxygen atoms in total. The summed E-state index contributed by atoms with van der Waals surface area (Å²) in [5, 5.41) is 17.5. The molecule has 0 amide bonds. The molecule has 1 aliphatic heterocycles. The van der Waals surface area contributed by atoms with Gasteiger partial charge in [0, 0.05) is 7.05 Å². The Morgan fingerprint density at radius 1 is 1.32 bits per heavy atom. The number of likely N-dealkylation sites (N-methyl/N-ethyl adjacent to an activating group) is 1. The lowest BCUT2D eigenvalue weighted by atomic mass is 10.1. The highest BCUT2D eigenvalue weighted by Crippen LogP contribution is 2.32. The molecule has 0 saturated heterocycles. The third kappa shape index (κ3) is 2.58. The number of rotatable bonds is 2. The fourth-order valence-corrected chi connectivity index (χ4v) is 2.29. The van der Waals surface area contributed by atoms with Gasteiger partial charge in [-0.3, -0.25) is 0 Å². The van der Waals surface area contributed by atoms with Crippen molar-refractivity contribution in [3.05, 3.63) is 46.0 Å². The molecule has 1 atom stereocenters. The van der Waals surface area contributed by atoms with Crippen LogP contribution in [0.4, 0.5) is 4.39 Å². The summed E-state index contributed by atoms with van der Waals surface area (Å²) in [6, 6.07) is 2.98. The van der Waals surface area contributed by atoms with Gasteiger partial charge in [-0.15, -0.1) is 5.10 Å². The molecular formula is C13H10Cl2FN5O. The summed E-state index contributed by atoms with van der Waals surface area (Å²) in [7, 11) is 1.65. The largest absolute Gasteiger partial charge is 0.370 e. The van der Waals surface area contributed by atoms with Crippen LogP contribution in [-0.4, -0.2) is 44.6 Å². The molecular weight excluding hydrogens is 332 g/mol. The highest BCUT2D eigenvalue weighted by molar-refractivity contribution is 6.31. The van der Waals surface area contributed by atoms with Gasteiger partial charge in [-0.2, -0.15) is 0 Å². The van der Waals surface area contributed by atoms with E-state index in [2.05, 4.69) is 15.3 Å². The summed E-state index contributed by atoms with van der Waals surface area (Å²) in [6.07, 6.45) is 3.33. The molecule has 22 heavy (non-hydrogen) atoms. The van der Waals surface area contributed by atoms with Crippen LogP contribution in [0.3, 0.4) is 0 Å². The standard InChI is InChI=1S/C13H10Cl2FN5O/c1-20-6-17-8(4-11(20)22)12-9(3-2-7(14)13(12)16)21-5-10(15)18-19-21/h2-6,11,22H,1H3. The van der Waals surface area contributed by atoms with Gasteiger partial charge in [0.2, 0.25) is 0 Å². The van der Waals surface area contributed by atoms with Crippen LogP contribution in [0.25, 0.3) is 11.4 Å². The first-order valence-corrected chi connectivity index (χ1v) is 6.95. The molecule has 0 aliphatic carbocycles. The lowest BCUT2D eigenvalue weighted by Gasteiger charge is -2.23. The van der Waals surface area contributed by atoms with Gasteiger partial charge in [0.15, 0.2) is 11.0 Å². The maximum atomic E-state index is 14.5. The zero-order chi connectivity index (χ0) is 15.9. The highest BCUT2D eigenvalue weighted by atomic mass is 35.5.